The van der Waals surface area contributed by atoms with E-state index >= 15 is 0 Å². The molecule has 1 atom stereocenters. The number of hydrogen-bond donors (Lipinski definition) is 2. The second kappa shape index (κ2) is 6.93. The quantitative estimate of drug-likeness (QED) is 0.745. The molecule has 1 aromatic rings. The van der Waals surface area contributed by atoms with E-state index in [0.29, 0.717) is 0 Å². The molecule has 0 saturated carbocycles. The molecule has 1 amide bonds. The van der Waals surface area contributed by atoms with E-state index in [1.54, 1.807) is 13.0 Å². The molecule has 1 rings (SSSR count). The predicted octanol–water partition coefficient (Wildman–Crippen LogP) is 1.21. The van der Waals surface area contributed by atoms with E-state index in [1.807, 2.05) is 30.3 Å². The first-order valence-electron chi connectivity index (χ1n) is 5.76. The van der Waals surface area contributed by atoms with Crippen LogP contribution in [0.5, 0.6) is 0 Å². The summed E-state index contributed by atoms with van der Waals surface area (Å²) in [5, 5.41) is 12.4. The van der Waals surface area contributed by atoms with Crippen molar-refractivity contribution >= 4 is 12.0 Å². The molecule has 1 aromatic carbocycles. The van der Waals surface area contributed by atoms with Crippen LogP contribution in [-0.4, -0.2) is 36.9 Å². The third kappa shape index (κ3) is 5.61. The maximum atomic E-state index is 11.5. The molecule has 2 N–H and O–H groups in total. The third-order valence-electron chi connectivity index (χ3n) is 2.33. The van der Waals surface area contributed by atoms with Gasteiger partial charge in [-0.15, -0.1) is 0 Å². The van der Waals surface area contributed by atoms with Crippen molar-refractivity contribution in [3.8, 4) is 0 Å². The Kier molecular flexibility index (Phi) is 5.55. The number of carbonyl (C=O) groups is 1. The van der Waals surface area contributed by atoms with Gasteiger partial charge < -0.3 is 15.2 Å². The molecular weight excluding hydrogens is 230 g/mol. The number of ether oxygens (including phenoxy) is 1. The Morgan fingerprint density at radius 3 is 2.72 bits per heavy atom. The summed E-state index contributed by atoms with van der Waals surface area (Å²) in [6.07, 6.45) is 3.17. The summed E-state index contributed by atoms with van der Waals surface area (Å²) in [4.78, 5) is 11.5. The lowest BCUT2D eigenvalue weighted by atomic mass is 10.1. The summed E-state index contributed by atoms with van der Waals surface area (Å²) < 4.78 is 4.85. The number of amides is 1. The Balaban J connectivity index is 2.41. The Hall–Kier alpha value is -1.65. The van der Waals surface area contributed by atoms with E-state index in [0.717, 1.165) is 5.56 Å². The normalized spacial score (nSPS) is 14.4. The first kappa shape index (κ1) is 14.4. The lowest BCUT2D eigenvalue weighted by molar-refractivity contribution is -0.118. The summed E-state index contributed by atoms with van der Waals surface area (Å²) in [6, 6.07) is 9.54. The standard InChI is InChI=1S/C14H19NO3/c1-14(17,11-18-2)10-15-13(16)9-8-12-6-4-3-5-7-12/h3-9,17H,10-11H2,1-2H3,(H,15,16)/b9-8+/t14-/m0/s1. The number of nitrogens with one attached hydrogen (secondary N) is 1. The van der Waals surface area contributed by atoms with Gasteiger partial charge in [-0.05, 0) is 18.6 Å². The van der Waals surface area contributed by atoms with Crippen molar-refractivity contribution in [3.05, 3.63) is 42.0 Å². The molecule has 4 nitrogen and oxygen atoms in total. The molecule has 0 radical (unpaired) electrons. The maximum absolute atomic E-state index is 11.5. The largest absolute Gasteiger partial charge is 0.386 e. The first-order valence-corrected chi connectivity index (χ1v) is 5.76. The smallest absolute Gasteiger partial charge is 0.244 e. The van der Waals surface area contributed by atoms with E-state index in [9.17, 15) is 9.90 Å². The number of aliphatic hydroxyl groups is 1. The topological polar surface area (TPSA) is 58.6 Å². The zero-order chi connectivity index (χ0) is 13.4. The first-order chi connectivity index (χ1) is 8.53. The zero-order valence-corrected chi connectivity index (χ0v) is 10.7. The highest BCUT2D eigenvalue weighted by atomic mass is 16.5. The SMILES string of the molecule is COC[C@@](C)(O)CNC(=O)/C=C/c1ccccc1. The Bertz CT molecular complexity index is 399. The van der Waals surface area contributed by atoms with Crippen LogP contribution in [0.15, 0.2) is 36.4 Å². The molecule has 0 saturated heterocycles. The molecule has 0 aromatic heterocycles. The summed E-state index contributed by atoms with van der Waals surface area (Å²) in [5.41, 5.74) is -0.0957. The molecule has 98 valence electrons. The van der Waals surface area contributed by atoms with Crippen LogP contribution in [0.25, 0.3) is 6.08 Å². The van der Waals surface area contributed by atoms with Crippen LogP contribution in [0, 0.1) is 0 Å². The molecule has 4 heteroatoms. The van der Waals surface area contributed by atoms with Gasteiger partial charge in [0.15, 0.2) is 0 Å². The fourth-order valence-electron chi connectivity index (χ4n) is 1.43. The maximum Gasteiger partial charge on any atom is 0.244 e. The van der Waals surface area contributed by atoms with Crippen LogP contribution in [0.4, 0.5) is 0 Å². The number of hydrogen-bond acceptors (Lipinski definition) is 3. The summed E-state index contributed by atoms with van der Waals surface area (Å²) in [6.45, 7) is 1.94. The van der Waals surface area contributed by atoms with Gasteiger partial charge >= 0.3 is 0 Å². The minimum atomic E-state index is -1.05. The fraction of sp³-hybridized carbons (Fsp3) is 0.357. The number of carbonyl (C=O) groups excluding carboxylic acids is 1. The van der Waals surface area contributed by atoms with Crippen molar-refractivity contribution in [2.45, 2.75) is 12.5 Å². The van der Waals surface area contributed by atoms with E-state index in [4.69, 9.17) is 4.74 Å². The van der Waals surface area contributed by atoms with Gasteiger partial charge in [-0.2, -0.15) is 0 Å². The van der Waals surface area contributed by atoms with Gasteiger partial charge in [0.25, 0.3) is 0 Å². The Morgan fingerprint density at radius 2 is 2.11 bits per heavy atom. The number of methoxy groups -OCH3 is 1. The zero-order valence-electron chi connectivity index (χ0n) is 10.7. The minimum absolute atomic E-state index is 0.152. The van der Waals surface area contributed by atoms with Crippen molar-refractivity contribution in [1.29, 1.82) is 0 Å². The lowest BCUT2D eigenvalue weighted by Crippen LogP contribution is -2.43. The van der Waals surface area contributed by atoms with Gasteiger partial charge in [0, 0.05) is 19.7 Å². The average molecular weight is 249 g/mol. The van der Waals surface area contributed by atoms with Crippen LogP contribution in [0.1, 0.15) is 12.5 Å². The lowest BCUT2D eigenvalue weighted by Gasteiger charge is -2.21. The molecule has 18 heavy (non-hydrogen) atoms. The minimum Gasteiger partial charge on any atom is -0.386 e. The molecule has 0 spiro atoms. The molecule has 0 heterocycles. The second-order valence-electron chi connectivity index (χ2n) is 4.39. The summed E-state index contributed by atoms with van der Waals surface area (Å²) in [5.74, 6) is -0.241. The molecule has 0 aliphatic carbocycles. The van der Waals surface area contributed by atoms with E-state index < -0.39 is 5.60 Å². The highest BCUT2D eigenvalue weighted by Gasteiger charge is 2.20. The number of benzene rings is 1. The Labute approximate surface area is 107 Å². The second-order valence-corrected chi connectivity index (χ2v) is 4.39. The van der Waals surface area contributed by atoms with Crippen molar-refractivity contribution in [1.82, 2.24) is 5.32 Å². The molecule has 0 aliphatic heterocycles. The summed E-state index contributed by atoms with van der Waals surface area (Å²) in [7, 11) is 1.51. The van der Waals surface area contributed by atoms with Crippen molar-refractivity contribution in [3.63, 3.8) is 0 Å². The predicted molar refractivity (Wildman–Crippen MR) is 71.0 cm³/mol. The van der Waals surface area contributed by atoms with E-state index in [-0.39, 0.29) is 19.1 Å². The third-order valence-corrected chi connectivity index (χ3v) is 2.33. The molecule has 0 aliphatic rings. The van der Waals surface area contributed by atoms with Crippen LogP contribution in [-0.2, 0) is 9.53 Å². The van der Waals surface area contributed by atoms with Crippen LogP contribution >= 0.6 is 0 Å². The fourth-order valence-corrected chi connectivity index (χ4v) is 1.43. The van der Waals surface area contributed by atoms with Crippen molar-refractivity contribution in [2.75, 3.05) is 20.3 Å². The molecule has 0 unspecified atom stereocenters. The molecule has 0 fully saturated rings. The van der Waals surface area contributed by atoms with Crippen molar-refractivity contribution in [2.24, 2.45) is 0 Å². The van der Waals surface area contributed by atoms with Gasteiger partial charge in [0.2, 0.25) is 5.91 Å². The van der Waals surface area contributed by atoms with Crippen LogP contribution in [0.3, 0.4) is 0 Å². The van der Waals surface area contributed by atoms with Gasteiger partial charge in [-0.1, -0.05) is 30.3 Å². The van der Waals surface area contributed by atoms with Gasteiger partial charge in [-0.25, -0.2) is 0 Å². The van der Waals surface area contributed by atoms with Crippen molar-refractivity contribution < 1.29 is 14.6 Å². The summed E-state index contributed by atoms with van der Waals surface area (Å²) >= 11 is 0. The average Bonchev–Trinajstić information content (AvgIpc) is 2.35. The number of rotatable bonds is 6. The van der Waals surface area contributed by atoms with Gasteiger partial charge in [-0.3, -0.25) is 4.79 Å². The van der Waals surface area contributed by atoms with Crippen LogP contribution in [0.2, 0.25) is 0 Å². The van der Waals surface area contributed by atoms with E-state index in [2.05, 4.69) is 5.32 Å². The van der Waals surface area contributed by atoms with Gasteiger partial charge in [0.05, 0.1) is 6.61 Å². The molecule has 0 bridgehead atoms. The van der Waals surface area contributed by atoms with Gasteiger partial charge in [0.1, 0.15) is 5.60 Å². The Morgan fingerprint density at radius 1 is 1.44 bits per heavy atom. The van der Waals surface area contributed by atoms with Crippen LogP contribution < -0.4 is 5.32 Å². The monoisotopic (exact) mass is 249 g/mol. The highest BCUT2D eigenvalue weighted by molar-refractivity contribution is 5.91. The van der Waals surface area contributed by atoms with E-state index in [1.165, 1.54) is 13.2 Å². The highest BCUT2D eigenvalue weighted by Crippen LogP contribution is 2.02. The molecular formula is C14H19NO3.